The first kappa shape index (κ1) is 14.1. The third kappa shape index (κ3) is 2.95. The van der Waals surface area contributed by atoms with Crippen molar-refractivity contribution in [3.05, 3.63) is 75.9 Å². The Hall–Kier alpha value is -1.82. The van der Waals surface area contributed by atoms with Gasteiger partial charge in [-0.2, -0.15) is 0 Å². The summed E-state index contributed by atoms with van der Waals surface area (Å²) in [6.07, 6.45) is 4.50. The van der Waals surface area contributed by atoms with Gasteiger partial charge in [-0.15, -0.1) is 0 Å². The number of fused-ring (bicyclic) bond motifs is 1. The predicted octanol–water partition coefficient (Wildman–Crippen LogP) is 5.53. The lowest BCUT2D eigenvalue weighted by Gasteiger charge is -2.19. The molecule has 0 bridgehead atoms. The third-order valence-electron chi connectivity index (χ3n) is 4.36. The fourth-order valence-corrected chi connectivity index (χ4v) is 3.10. The largest absolute Gasteiger partial charge is 0.0683 e. The van der Waals surface area contributed by atoms with Gasteiger partial charge >= 0.3 is 0 Å². The van der Waals surface area contributed by atoms with E-state index < -0.39 is 0 Å². The molecule has 21 heavy (non-hydrogen) atoms. The zero-order valence-corrected chi connectivity index (χ0v) is 13.5. The lowest BCUT2D eigenvalue weighted by atomic mass is 9.86. The van der Waals surface area contributed by atoms with Crippen molar-refractivity contribution in [2.45, 2.75) is 46.0 Å². The van der Waals surface area contributed by atoms with E-state index in [1.54, 1.807) is 0 Å². The van der Waals surface area contributed by atoms with Crippen LogP contribution in [-0.4, -0.2) is 0 Å². The lowest BCUT2D eigenvalue weighted by Crippen LogP contribution is -2.10. The Morgan fingerprint density at radius 2 is 1.67 bits per heavy atom. The molecule has 0 fully saturated rings. The molecule has 0 radical (unpaired) electrons. The van der Waals surface area contributed by atoms with Gasteiger partial charge in [0.25, 0.3) is 0 Å². The fourth-order valence-electron chi connectivity index (χ4n) is 3.10. The molecule has 0 amide bonds. The minimum Gasteiger partial charge on any atom is -0.0683 e. The Morgan fingerprint density at radius 3 is 2.33 bits per heavy atom. The molecule has 0 unspecified atom stereocenters. The smallest absolute Gasteiger partial charge is 0.00197 e. The Balaban J connectivity index is 1.87. The summed E-state index contributed by atoms with van der Waals surface area (Å²) >= 11 is 0. The van der Waals surface area contributed by atoms with Gasteiger partial charge in [-0.1, -0.05) is 74.9 Å². The molecule has 0 heteroatoms. The van der Waals surface area contributed by atoms with Crippen LogP contribution in [0.25, 0.3) is 6.08 Å². The summed E-state index contributed by atoms with van der Waals surface area (Å²) in [7, 11) is 0. The molecule has 0 saturated carbocycles. The molecule has 0 N–H and O–H groups in total. The number of rotatable bonds is 2. The zero-order valence-electron chi connectivity index (χ0n) is 13.5. The van der Waals surface area contributed by atoms with E-state index in [0.29, 0.717) is 0 Å². The molecule has 3 rings (SSSR count). The van der Waals surface area contributed by atoms with Crippen molar-refractivity contribution in [3.63, 3.8) is 0 Å². The Kier molecular flexibility index (Phi) is 3.49. The second kappa shape index (κ2) is 5.18. The third-order valence-corrected chi connectivity index (χ3v) is 4.36. The van der Waals surface area contributed by atoms with Gasteiger partial charge in [0.1, 0.15) is 0 Å². The first-order chi connectivity index (χ1) is 9.93. The number of hydrogen-bond donors (Lipinski definition) is 0. The molecule has 0 nitrogen and oxygen atoms in total. The van der Waals surface area contributed by atoms with E-state index in [2.05, 4.69) is 76.2 Å². The normalized spacial score (nSPS) is 14.0. The molecule has 2 aromatic rings. The van der Waals surface area contributed by atoms with Crippen molar-refractivity contribution in [2.24, 2.45) is 0 Å². The Bertz CT molecular complexity index is 679. The summed E-state index contributed by atoms with van der Waals surface area (Å²) in [5.41, 5.74) is 8.89. The quantitative estimate of drug-likeness (QED) is 0.676. The molecule has 108 valence electrons. The van der Waals surface area contributed by atoms with Gasteiger partial charge in [0.05, 0.1) is 0 Å². The average molecular weight is 276 g/mol. The van der Waals surface area contributed by atoms with Crippen LogP contribution in [0.3, 0.4) is 0 Å². The van der Waals surface area contributed by atoms with Crippen LogP contribution in [0.4, 0.5) is 0 Å². The summed E-state index contributed by atoms with van der Waals surface area (Å²) < 4.78 is 0. The number of benzene rings is 2. The SMILES string of the molecule is CC1=Cc2c(cccc2Cc2ccc(C(C)(C)C)cc2)C1. The summed E-state index contributed by atoms with van der Waals surface area (Å²) in [5, 5.41) is 0. The van der Waals surface area contributed by atoms with Crippen molar-refractivity contribution in [3.8, 4) is 0 Å². The first-order valence-corrected chi connectivity index (χ1v) is 7.81. The van der Waals surface area contributed by atoms with Crippen LogP contribution in [0, 0.1) is 0 Å². The first-order valence-electron chi connectivity index (χ1n) is 7.81. The summed E-state index contributed by atoms with van der Waals surface area (Å²) in [6.45, 7) is 9.01. The van der Waals surface area contributed by atoms with E-state index in [1.165, 1.54) is 33.4 Å². The second-order valence-corrected chi connectivity index (χ2v) is 7.28. The zero-order chi connectivity index (χ0) is 15.0. The highest BCUT2D eigenvalue weighted by molar-refractivity contribution is 5.66. The van der Waals surface area contributed by atoms with Gasteiger partial charge < -0.3 is 0 Å². The highest BCUT2D eigenvalue weighted by Gasteiger charge is 2.15. The summed E-state index contributed by atoms with van der Waals surface area (Å²) in [5.74, 6) is 0. The minimum absolute atomic E-state index is 0.229. The van der Waals surface area contributed by atoms with Gasteiger partial charge in [-0.05, 0) is 53.0 Å². The van der Waals surface area contributed by atoms with Crippen LogP contribution >= 0.6 is 0 Å². The molecule has 0 heterocycles. The Morgan fingerprint density at radius 1 is 0.952 bits per heavy atom. The van der Waals surface area contributed by atoms with E-state index >= 15 is 0 Å². The second-order valence-electron chi connectivity index (χ2n) is 7.28. The van der Waals surface area contributed by atoms with Crippen molar-refractivity contribution < 1.29 is 0 Å². The molecular formula is C21H24. The molecule has 0 aliphatic heterocycles. The highest BCUT2D eigenvalue weighted by Crippen LogP contribution is 2.29. The molecule has 0 saturated heterocycles. The number of hydrogen-bond acceptors (Lipinski definition) is 0. The maximum absolute atomic E-state index is 2.36. The van der Waals surface area contributed by atoms with Crippen LogP contribution in [-0.2, 0) is 18.3 Å². The maximum Gasteiger partial charge on any atom is -0.00197 e. The van der Waals surface area contributed by atoms with Crippen molar-refractivity contribution in [1.29, 1.82) is 0 Å². The van der Waals surface area contributed by atoms with E-state index in [4.69, 9.17) is 0 Å². The highest BCUT2D eigenvalue weighted by atomic mass is 14.2. The van der Waals surface area contributed by atoms with Gasteiger partial charge in [0.2, 0.25) is 0 Å². The van der Waals surface area contributed by atoms with Crippen molar-refractivity contribution in [2.75, 3.05) is 0 Å². The van der Waals surface area contributed by atoms with Crippen LogP contribution in [0.5, 0.6) is 0 Å². The minimum atomic E-state index is 0.229. The van der Waals surface area contributed by atoms with Crippen molar-refractivity contribution >= 4 is 6.08 Å². The van der Waals surface area contributed by atoms with Gasteiger partial charge in [-0.3, -0.25) is 0 Å². The van der Waals surface area contributed by atoms with E-state index in [-0.39, 0.29) is 5.41 Å². The average Bonchev–Trinajstić information content (AvgIpc) is 2.80. The van der Waals surface area contributed by atoms with E-state index in [0.717, 1.165) is 12.8 Å². The maximum atomic E-state index is 2.36. The topological polar surface area (TPSA) is 0 Å². The van der Waals surface area contributed by atoms with Crippen LogP contribution in [0.15, 0.2) is 48.0 Å². The van der Waals surface area contributed by atoms with Gasteiger partial charge in [-0.25, -0.2) is 0 Å². The molecule has 1 aliphatic carbocycles. The van der Waals surface area contributed by atoms with Crippen LogP contribution in [0.2, 0.25) is 0 Å². The molecule has 2 aromatic carbocycles. The van der Waals surface area contributed by atoms with E-state index in [1.807, 2.05) is 0 Å². The monoisotopic (exact) mass is 276 g/mol. The molecule has 0 spiro atoms. The summed E-state index contributed by atoms with van der Waals surface area (Å²) in [6, 6.07) is 15.8. The standard InChI is InChI=1S/C21H24/c1-15-12-17-6-5-7-18(20(17)13-15)14-16-8-10-19(11-9-16)21(2,3)4/h5-11,13H,12,14H2,1-4H3. The molecular weight excluding hydrogens is 252 g/mol. The molecule has 1 aliphatic rings. The van der Waals surface area contributed by atoms with E-state index in [9.17, 15) is 0 Å². The van der Waals surface area contributed by atoms with Crippen molar-refractivity contribution in [1.82, 2.24) is 0 Å². The molecule has 0 atom stereocenters. The van der Waals surface area contributed by atoms with Crippen LogP contribution < -0.4 is 0 Å². The lowest BCUT2D eigenvalue weighted by molar-refractivity contribution is 0.590. The predicted molar refractivity (Wildman–Crippen MR) is 91.7 cm³/mol. The van der Waals surface area contributed by atoms with Gasteiger partial charge in [0.15, 0.2) is 0 Å². The fraction of sp³-hybridized carbons (Fsp3) is 0.333. The van der Waals surface area contributed by atoms with Crippen LogP contribution in [0.1, 0.15) is 55.5 Å². The Labute approximate surface area is 128 Å². The number of allylic oxidation sites excluding steroid dienone is 1. The summed E-state index contributed by atoms with van der Waals surface area (Å²) in [4.78, 5) is 0. The van der Waals surface area contributed by atoms with Gasteiger partial charge in [0, 0.05) is 0 Å². The molecule has 0 aromatic heterocycles.